The van der Waals surface area contributed by atoms with Crippen LogP contribution in [0, 0.1) is 0 Å². The standard InChI is InChI=1S/C8H14ClN3/c1-3-4-6(2)12-8(10)7(9)5-11-12/h5-6H,3-4,10H2,1-2H3. The lowest BCUT2D eigenvalue weighted by molar-refractivity contribution is 0.461. The van der Waals surface area contributed by atoms with Gasteiger partial charge in [-0.1, -0.05) is 24.9 Å². The van der Waals surface area contributed by atoms with E-state index in [-0.39, 0.29) is 0 Å². The highest BCUT2D eigenvalue weighted by Gasteiger charge is 2.10. The van der Waals surface area contributed by atoms with Gasteiger partial charge < -0.3 is 5.73 Å². The first kappa shape index (κ1) is 9.39. The fraction of sp³-hybridized carbons (Fsp3) is 0.625. The maximum Gasteiger partial charge on any atom is 0.140 e. The van der Waals surface area contributed by atoms with E-state index in [1.54, 1.807) is 10.9 Å². The molecule has 1 aromatic rings. The summed E-state index contributed by atoms with van der Waals surface area (Å²) in [5.41, 5.74) is 5.70. The summed E-state index contributed by atoms with van der Waals surface area (Å²) in [7, 11) is 0. The van der Waals surface area contributed by atoms with E-state index in [0.29, 0.717) is 16.9 Å². The molecule has 0 aliphatic carbocycles. The van der Waals surface area contributed by atoms with Gasteiger partial charge in [-0.05, 0) is 13.3 Å². The van der Waals surface area contributed by atoms with E-state index < -0.39 is 0 Å². The van der Waals surface area contributed by atoms with Crippen LogP contribution in [0.25, 0.3) is 0 Å². The lowest BCUT2D eigenvalue weighted by Gasteiger charge is -2.12. The monoisotopic (exact) mass is 187 g/mol. The minimum atomic E-state index is 0.336. The van der Waals surface area contributed by atoms with Crippen LogP contribution < -0.4 is 5.73 Å². The molecule has 12 heavy (non-hydrogen) atoms. The highest BCUT2D eigenvalue weighted by atomic mass is 35.5. The highest BCUT2D eigenvalue weighted by Crippen LogP contribution is 2.22. The molecule has 0 spiro atoms. The molecular formula is C8H14ClN3. The van der Waals surface area contributed by atoms with Gasteiger partial charge in [0.05, 0.1) is 12.2 Å². The molecule has 1 heterocycles. The minimum absolute atomic E-state index is 0.336. The third kappa shape index (κ3) is 1.72. The van der Waals surface area contributed by atoms with E-state index in [1.807, 2.05) is 0 Å². The molecule has 68 valence electrons. The molecule has 0 radical (unpaired) electrons. The van der Waals surface area contributed by atoms with Crippen LogP contribution in [-0.2, 0) is 0 Å². The summed E-state index contributed by atoms with van der Waals surface area (Å²) in [4.78, 5) is 0. The molecule has 1 atom stereocenters. The number of aromatic nitrogens is 2. The SMILES string of the molecule is CCCC(C)n1ncc(Cl)c1N. The summed E-state index contributed by atoms with van der Waals surface area (Å²) < 4.78 is 1.77. The largest absolute Gasteiger partial charge is 0.383 e. The molecule has 1 unspecified atom stereocenters. The van der Waals surface area contributed by atoms with Gasteiger partial charge in [-0.25, -0.2) is 4.68 Å². The highest BCUT2D eigenvalue weighted by molar-refractivity contribution is 6.32. The predicted molar refractivity (Wildman–Crippen MR) is 51.3 cm³/mol. The van der Waals surface area contributed by atoms with Gasteiger partial charge in [0.2, 0.25) is 0 Å². The molecule has 3 nitrogen and oxygen atoms in total. The van der Waals surface area contributed by atoms with Crippen molar-refractivity contribution in [1.29, 1.82) is 0 Å². The topological polar surface area (TPSA) is 43.8 Å². The summed E-state index contributed by atoms with van der Waals surface area (Å²) in [6.45, 7) is 4.22. The number of anilines is 1. The van der Waals surface area contributed by atoms with Gasteiger partial charge in [0.1, 0.15) is 10.8 Å². The van der Waals surface area contributed by atoms with E-state index in [2.05, 4.69) is 18.9 Å². The van der Waals surface area contributed by atoms with Crippen LogP contribution in [0.2, 0.25) is 5.02 Å². The van der Waals surface area contributed by atoms with Crippen LogP contribution in [0.15, 0.2) is 6.20 Å². The van der Waals surface area contributed by atoms with Gasteiger partial charge in [-0.2, -0.15) is 5.10 Å². The Hall–Kier alpha value is -0.700. The Kier molecular flexibility index (Phi) is 2.98. The maximum atomic E-state index is 5.77. The third-order valence-electron chi connectivity index (χ3n) is 1.91. The lowest BCUT2D eigenvalue weighted by Crippen LogP contribution is -2.09. The second-order valence-electron chi connectivity index (χ2n) is 2.96. The summed E-state index contributed by atoms with van der Waals surface area (Å²) in [5.74, 6) is 0.567. The maximum absolute atomic E-state index is 5.77. The van der Waals surface area contributed by atoms with Crippen molar-refractivity contribution in [3.63, 3.8) is 0 Å². The smallest absolute Gasteiger partial charge is 0.140 e. The summed E-state index contributed by atoms with van der Waals surface area (Å²) in [5, 5.41) is 4.63. The van der Waals surface area contributed by atoms with E-state index in [1.165, 1.54) is 0 Å². The Balaban J connectivity index is 2.80. The molecule has 0 aromatic carbocycles. The van der Waals surface area contributed by atoms with Crippen molar-refractivity contribution in [3.05, 3.63) is 11.2 Å². The van der Waals surface area contributed by atoms with Crippen LogP contribution in [-0.4, -0.2) is 9.78 Å². The van der Waals surface area contributed by atoms with Gasteiger partial charge in [-0.15, -0.1) is 0 Å². The Bertz CT molecular complexity index is 257. The lowest BCUT2D eigenvalue weighted by atomic mass is 10.2. The van der Waals surface area contributed by atoms with Crippen molar-refractivity contribution in [2.75, 3.05) is 5.73 Å². The second-order valence-corrected chi connectivity index (χ2v) is 3.37. The fourth-order valence-corrected chi connectivity index (χ4v) is 1.37. The van der Waals surface area contributed by atoms with Gasteiger partial charge in [0.15, 0.2) is 0 Å². The molecular weight excluding hydrogens is 174 g/mol. The van der Waals surface area contributed by atoms with E-state index >= 15 is 0 Å². The van der Waals surface area contributed by atoms with Crippen molar-refractivity contribution in [1.82, 2.24) is 9.78 Å². The second kappa shape index (κ2) is 3.81. The zero-order valence-electron chi connectivity index (χ0n) is 7.42. The molecule has 0 aliphatic heterocycles. The number of rotatable bonds is 3. The molecule has 1 aromatic heterocycles. The Labute approximate surface area is 77.5 Å². The molecule has 0 bridgehead atoms. The Morgan fingerprint density at radius 2 is 2.42 bits per heavy atom. The van der Waals surface area contributed by atoms with Crippen molar-refractivity contribution in [3.8, 4) is 0 Å². The molecule has 0 aliphatic rings. The van der Waals surface area contributed by atoms with Crippen molar-refractivity contribution in [2.24, 2.45) is 0 Å². The number of halogens is 1. The molecule has 4 heteroatoms. The van der Waals surface area contributed by atoms with Crippen molar-refractivity contribution >= 4 is 17.4 Å². The average molecular weight is 188 g/mol. The quantitative estimate of drug-likeness (QED) is 0.790. The van der Waals surface area contributed by atoms with Gasteiger partial charge in [-0.3, -0.25) is 0 Å². The van der Waals surface area contributed by atoms with Crippen LogP contribution in [0.4, 0.5) is 5.82 Å². The summed E-state index contributed by atoms with van der Waals surface area (Å²) in [6, 6.07) is 0.336. The first-order valence-electron chi connectivity index (χ1n) is 4.15. The number of hydrogen-bond acceptors (Lipinski definition) is 2. The number of hydrogen-bond donors (Lipinski definition) is 1. The van der Waals surface area contributed by atoms with Crippen LogP contribution in [0.1, 0.15) is 32.7 Å². The summed E-state index contributed by atoms with van der Waals surface area (Å²) >= 11 is 5.77. The molecule has 1 rings (SSSR count). The molecule has 2 N–H and O–H groups in total. The fourth-order valence-electron chi connectivity index (χ4n) is 1.24. The number of nitrogen functional groups attached to an aromatic ring is 1. The van der Waals surface area contributed by atoms with Crippen LogP contribution >= 0.6 is 11.6 Å². The first-order valence-corrected chi connectivity index (χ1v) is 4.53. The normalized spacial score (nSPS) is 13.2. The minimum Gasteiger partial charge on any atom is -0.383 e. The van der Waals surface area contributed by atoms with Gasteiger partial charge in [0.25, 0.3) is 0 Å². The molecule has 0 saturated carbocycles. The zero-order valence-corrected chi connectivity index (χ0v) is 8.17. The van der Waals surface area contributed by atoms with E-state index in [9.17, 15) is 0 Å². The van der Waals surface area contributed by atoms with E-state index in [4.69, 9.17) is 17.3 Å². The van der Waals surface area contributed by atoms with Crippen molar-refractivity contribution in [2.45, 2.75) is 32.7 Å². The molecule has 0 fully saturated rings. The number of nitrogens with two attached hydrogens (primary N) is 1. The van der Waals surface area contributed by atoms with Crippen LogP contribution in [0.3, 0.4) is 0 Å². The third-order valence-corrected chi connectivity index (χ3v) is 2.20. The average Bonchev–Trinajstić information content (AvgIpc) is 2.34. The molecule has 0 amide bonds. The van der Waals surface area contributed by atoms with Gasteiger partial charge in [0, 0.05) is 0 Å². The van der Waals surface area contributed by atoms with Crippen LogP contribution in [0.5, 0.6) is 0 Å². The Morgan fingerprint density at radius 3 is 2.83 bits per heavy atom. The van der Waals surface area contributed by atoms with Crippen molar-refractivity contribution < 1.29 is 0 Å². The van der Waals surface area contributed by atoms with E-state index in [0.717, 1.165) is 12.8 Å². The van der Waals surface area contributed by atoms with Gasteiger partial charge >= 0.3 is 0 Å². The molecule has 0 saturated heterocycles. The predicted octanol–water partition coefficient (Wildman–Crippen LogP) is 2.48. The Morgan fingerprint density at radius 1 is 1.75 bits per heavy atom. The zero-order chi connectivity index (χ0) is 9.14. The summed E-state index contributed by atoms with van der Waals surface area (Å²) in [6.07, 6.45) is 3.78. The first-order chi connectivity index (χ1) is 5.66. The number of nitrogens with zero attached hydrogens (tertiary/aromatic N) is 2.